The number of hydrogen-bond acceptors (Lipinski definition) is 2. The molecule has 0 atom stereocenters. The lowest BCUT2D eigenvalue weighted by Gasteiger charge is -1.98. The highest BCUT2D eigenvalue weighted by Crippen LogP contribution is 2.28. The lowest BCUT2D eigenvalue weighted by atomic mass is 10.1. The summed E-state index contributed by atoms with van der Waals surface area (Å²) in [6.45, 7) is 1.92. The van der Waals surface area contributed by atoms with Crippen LogP contribution in [0.25, 0.3) is 17.0 Å². The number of ketones is 1. The minimum Gasteiger partial charge on any atom is -0.508 e. The Balaban J connectivity index is 2.06. The summed E-state index contributed by atoms with van der Waals surface area (Å²) in [5, 5.41) is 10.5. The second-order valence-corrected chi connectivity index (χ2v) is 5.33. The van der Waals surface area contributed by atoms with Gasteiger partial charge in [0.15, 0.2) is 5.78 Å². The Morgan fingerprint density at radius 2 is 1.86 bits per heavy atom. The van der Waals surface area contributed by atoms with Gasteiger partial charge >= 0.3 is 0 Å². The molecule has 0 unspecified atom stereocenters. The molecule has 3 nitrogen and oxygen atoms in total. The maximum Gasteiger partial charge on any atom is 0.188 e. The SMILES string of the molecule is Cc1c(C(=O)C=Cc2ccccc2)c2cc(O)ccc2n1C. The van der Waals surface area contributed by atoms with Crippen LogP contribution in [0.2, 0.25) is 0 Å². The average Bonchev–Trinajstić information content (AvgIpc) is 2.77. The predicted octanol–water partition coefficient (Wildman–Crippen LogP) is 4.09. The summed E-state index contributed by atoms with van der Waals surface area (Å²) < 4.78 is 1.97. The fraction of sp³-hybridized carbons (Fsp3) is 0.105. The maximum atomic E-state index is 12.6. The van der Waals surface area contributed by atoms with Crippen LogP contribution in [0, 0.1) is 6.92 Å². The number of nitrogens with zero attached hydrogens (tertiary/aromatic N) is 1. The Morgan fingerprint density at radius 3 is 2.59 bits per heavy atom. The average molecular weight is 291 g/mol. The molecule has 0 aliphatic carbocycles. The summed E-state index contributed by atoms with van der Waals surface area (Å²) in [5.74, 6) is 0.108. The summed E-state index contributed by atoms with van der Waals surface area (Å²) >= 11 is 0. The number of aromatic nitrogens is 1. The number of benzene rings is 2. The Hall–Kier alpha value is -2.81. The van der Waals surface area contributed by atoms with Crippen molar-refractivity contribution in [2.24, 2.45) is 7.05 Å². The van der Waals surface area contributed by atoms with Crippen molar-refractivity contribution in [3.05, 3.63) is 71.4 Å². The molecule has 0 saturated heterocycles. The number of rotatable bonds is 3. The van der Waals surface area contributed by atoms with E-state index in [1.54, 1.807) is 18.2 Å². The third-order valence-electron chi connectivity index (χ3n) is 3.95. The number of carbonyl (C=O) groups excluding carboxylic acids is 1. The van der Waals surface area contributed by atoms with Crippen LogP contribution in [0.3, 0.4) is 0 Å². The number of phenols is 1. The molecule has 0 aliphatic rings. The smallest absolute Gasteiger partial charge is 0.188 e. The molecule has 0 spiro atoms. The van der Waals surface area contributed by atoms with E-state index >= 15 is 0 Å². The highest BCUT2D eigenvalue weighted by Gasteiger charge is 2.16. The van der Waals surface area contributed by atoms with Gasteiger partial charge in [-0.05, 0) is 36.8 Å². The van der Waals surface area contributed by atoms with Gasteiger partial charge in [0, 0.05) is 23.6 Å². The van der Waals surface area contributed by atoms with Crippen molar-refractivity contribution in [3.8, 4) is 5.75 Å². The Morgan fingerprint density at radius 1 is 1.14 bits per heavy atom. The first-order valence-corrected chi connectivity index (χ1v) is 7.13. The summed E-state index contributed by atoms with van der Waals surface area (Å²) in [7, 11) is 1.92. The van der Waals surface area contributed by atoms with Crippen molar-refractivity contribution in [3.63, 3.8) is 0 Å². The summed E-state index contributed by atoms with van der Waals surface area (Å²) in [5.41, 5.74) is 3.45. The van der Waals surface area contributed by atoms with Crippen LogP contribution < -0.4 is 0 Å². The van der Waals surface area contributed by atoms with Gasteiger partial charge in [0.2, 0.25) is 0 Å². The first-order valence-electron chi connectivity index (χ1n) is 7.13. The zero-order chi connectivity index (χ0) is 15.7. The van der Waals surface area contributed by atoms with Gasteiger partial charge in [-0.1, -0.05) is 36.4 Å². The molecule has 1 aromatic heterocycles. The summed E-state index contributed by atoms with van der Waals surface area (Å²) in [6, 6.07) is 14.8. The van der Waals surface area contributed by atoms with Crippen LogP contribution >= 0.6 is 0 Å². The van der Waals surface area contributed by atoms with Crippen molar-refractivity contribution < 1.29 is 9.90 Å². The summed E-state index contributed by atoms with van der Waals surface area (Å²) in [4.78, 5) is 12.6. The molecule has 0 bridgehead atoms. The second kappa shape index (κ2) is 5.53. The van der Waals surface area contributed by atoms with Gasteiger partial charge in [-0.2, -0.15) is 0 Å². The highest BCUT2D eigenvalue weighted by atomic mass is 16.3. The number of hydrogen-bond donors (Lipinski definition) is 1. The molecule has 3 heteroatoms. The van der Waals surface area contributed by atoms with Crippen molar-refractivity contribution in [1.29, 1.82) is 0 Å². The molecule has 3 rings (SSSR count). The third-order valence-corrected chi connectivity index (χ3v) is 3.95. The quantitative estimate of drug-likeness (QED) is 0.583. The van der Waals surface area contributed by atoms with Crippen LogP contribution in [-0.4, -0.2) is 15.5 Å². The van der Waals surface area contributed by atoms with Crippen LogP contribution in [0.15, 0.2) is 54.6 Å². The van der Waals surface area contributed by atoms with Gasteiger partial charge in [0.05, 0.1) is 5.56 Å². The molecule has 0 aliphatic heterocycles. The molecule has 1 heterocycles. The van der Waals surface area contributed by atoms with Gasteiger partial charge in [-0.25, -0.2) is 0 Å². The molecule has 0 amide bonds. The first kappa shape index (κ1) is 14.1. The van der Waals surface area contributed by atoms with Crippen molar-refractivity contribution >= 4 is 22.8 Å². The monoisotopic (exact) mass is 291 g/mol. The van der Waals surface area contributed by atoms with E-state index in [0.29, 0.717) is 5.56 Å². The summed E-state index contributed by atoms with van der Waals surface area (Å²) in [6.07, 6.45) is 3.39. The van der Waals surface area contributed by atoms with Gasteiger partial charge in [0.25, 0.3) is 0 Å². The third kappa shape index (κ3) is 2.42. The van der Waals surface area contributed by atoms with E-state index in [4.69, 9.17) is 0 Å². The Kier molecular flexibility index (Phi) is 3.55. The number of aryl methyl sites for hydroxylation is 1. The van der Waals surface area contributed by atoms with Crippen molar-refractivity contribution in [2.75, 3.05) is 0 Å². The normalized spacial score (nSPS) is 11.4. The van der Waals surface area contributed by atoms with Gasteiger partial charge < -0.3 is 9.67 Å². The number of aromatic hydroxyl groups is 1. The van der Waals surface area contributed by atoms with Crippen LogP contribution in [0.5, 0.6) is 5.75 Å². The lowest BCUT2D eigenvalue weighted by Crippen LogP contribution is -1.98. The fourth-order valence-corrected chi connectivity index (χ4v) is 2.69. The number of allylic oxidation sites excluding steroid dienone is 1. The number of carbonyl (C=O) groups is 1. The Bertz CT molecular complexity index is 873. The van der Waals surface area contributed by atoms with Crippen molar-refractivity contribution in [1.82, 2.24) is 4.57 Å². The van der Waals surface area contributed by atoms with E-state index in [1.807, 2.05) is 61.0 Å². The predicted molar refractivity (Wildman–Crippen MR) is 89.1 cm³/mol. The van der Waals surface area contributed by atoms with E-state index in [2.05, 4.69) is 0 Å². The maximum absolute atomic E-state index is 12.6. The van der Waals surface area contributed by atoms with Gasteiger partial charge in [0.1, 0.15) is 5.75 Å². The topological polar surface area (TPSA) is 42.2 Å². The molecule has 1 N–H and O–H groups in total. The van der Waals surface area contributed by atoms with Crippen LogP contribution in [-0.2, 0) is 7.05 Å². The fourth-order valence-electron chi connectivity index (χ4n) is 2.69. The molecule has 3 aromatic rings. The van der Waals surface area contributed by atoms with E-state index < -0.39 is 0 Å². The van der Waals surface area contributed by atoms with Crippen LogP contribution in [0.4, 0.5) is 0 Å². The number of fused-ring (bicyclic) bond motifs is 1. The van der Waals surface area contributed by atoms with E-state index in [-0.39, 0.29) is 11.5 Å². The minimum atomic E-state index is -0.0578. The van der Waals surface area contributed by atoms with E-state index in [1.165, 1.54) is 0 Å². The molecule has 0 fully saturated rings. The zero-order valence-electron chi connectivity index (χ0n) is 12.6. The molecular weight excluding hydrogens is 274 g/mol. The minimum absolute atomic E-state index is 0.0578. The molecular formula is C19H17NO2. The largest absolute Gasteiger partial charge is 0.508 e. The highest BCUT2D eigenvalue weighted by molar-refractivity contribution is 6.16. The van der Waals surface area contributed by atoms with Crippen molar-refractivity contribution in [2.45, 2.75) is 6.92 Å². The van der Waals surface area contributed by atoms with Gasteiger partial charge in [-0.15, -0.1) is 0 Å². The van der Waals surface area contributed by atoms with E-state index in [0.717, 1.165) is 22.2 Å². The lowest BCUT2D eigenvalue weighted by molar-refractivity contribution is 0.104. The molecule has 110 valence electrons. The first-order chi connectivity index (χ1) is 10.6. The zero-order valence-corrected chi connectivity index (χ0v) is 12.6. The van der Waals surface area contributed by atoms with E-state index in [9.17, 15) is 9.90 Å². The van der Waals surface area contributed by atoms with Gasteiger partial charge in [-0.3, -0.25) is 4.79 Å². The second-order valence-electron chi connectivity index (χ2n) is 5.33. The molecule has 2 aromatic carbocycles. The number of phenolic OH excluding ortho intramolecular Hbond substituents is 1. The molecule has 0 radical (unpaired) electrons. The molecule has 22 heavy (non-hydrogen) atoms. The Labute approximate surface area is 129 Å². The molecule has 0 saturated carbocycles. The standard InChI is InChI=1S/C19H17NO2/c1-13-19(16-12-15(21)9-10-17(16)20(13)2)18(22)11-8-14-6-4-3-5-7-14/h3-12,21H,1-2H3. The van der Waals surface area contributed by atoms with Crippen LogP contribution in [0.1, 0.15) is 21.6 Å².